The Morgan fingerprint density at radius 1 is 1.00 bits per heavy atom. The lowest BCUT2D eigenvalue weighted by Crippen LogP contribution is -2.53. The van der Waals surface area contributed by atoms with Crippen molar-refractivity contribution in [1.29, 1.82) is 0 Å². The molecule has 3 aliphatic rings. The molecule has 2 heterocycles. The minimum atomic E-state index is -0.0227. The van der Waals surface area contributed by atoms with E-state index in [1.54, 1.807) is 0 Å². The van der Waals surface area contributed by atoms with Crippen LogP contribution in [0.5, 0.6) is 0 Å². The molecule has 3 rings (SSSR count). The number of fused-ring (bicyclic) bond motifs is 2. The zero-order valence-electron chi connectivity index (χ0n) is 9.52. The number of aliphatic hydroxyl groups excluding tert-OH is 1. The van der Waals surface area contributed by atoms with Gasteiger partial charge in [-0.05, 0) is 45.6 Å². The van der Waals surface area contributed by atoms with E-state index in [1.807, 2.05) is 0 Å². The van der Waals surface area contributed by atoms with E-state index in [4.69, 9.17) is 0 Å². The molecule has 3 nitrogen and oxygen atoms in total. The summed E-state index contributed by atoms with van der Waals surface area (Å²) in [5.74, 6) is 0. The number of hydrogen-bond acceptors (Lipinski definition) is 3. The first-order chi connectivity index (χ1) is 7.22. The molecule has 1 aliphatic carbocycles. The van der Waals surface area contributed by atoms with Crippen LogP contribution in [0.2, 0.25) is 0 Å². The lowest BCUT2D eigenvalue weighted by Gasteiger charge is -2.41. The van der Waals surface area contributed by atoms with E-state index in [0.717, 1.165) is 31.0 Å². The molecule has 3 fully saturated rings. The summed E-state index contributed by atoms with van der Waals surface area (Å²) in [7, 11) is 2.28. The monoisotopic (exact) mass is 210 g/mol. The molecular formula is C12H22N2O. The van der Waals surface area contributed by atoms with Crippen LogP contribution in [-0.4, -0.2) is 47.3 Å². The van der Waals surface area contributed by atoms with Gasteiger partial charge in [0, 0.05) is 24.2 Å². The van der Waals surface area contributed by atoms with Crippen LogP contribution < -0.4 is 5.32 Å². The molecule has 2 bridgehead atoms. The van der Waals surface area contributed by atoms with Crippen molar-refractivity contribution in [3.05, 3.63) is 0 Å². The quantitative estimate of drug-likeness (QED) is 0.705. The summed E-state index contributed by atoms with van der Waals surface area (Å²) in [5.41, 5.74) is 0. The van der Waals surface area contributed by atoms with Gasteiger partial charge in [0.25, 0.3) is 0 Å². The zero-order valence-corrected chi connectivity index (χ0v) is 9.52. The molecule has 0 radical (unpaired) electrons. The summed E-state index contributed by atoms with van der Waals surface area (Å²) in [6.45, 7) is 0. The SMILES string of the molecule is CN1C2CCC1CC(NC1CC(O)C1)C2. The van der Waals surface area contributed by atoms with E-state index < -0.39 is 0 Å². The van der Waals surface area contributed by atoms with Gasteiger partial charge in [0.2, 0.25) is 0 Å². The molecule has 2 atom stereocenters. The molecule has 0 aromatic carbocycles. The number of nitrogens with zero attached hydrogens (tertiary/aromatic N) is 1. The number of rotatable bonds is 2. The zero-order chi connectivity index (χ0) is 10.4. The van der Waals surface area contributed by atoms with E-state index in [2.05, 4.69) is 17.3 Å². The third kappa shape index (κ3) is 1.81. The van der Waals surface area contributed by atoms with Crippen LogP contribution in [0.1, 0.15) is 38.5 Å². The summed E-state index contributed by atoms with van der Waals surface area (Å²) in [4.78, 5) is 2.58. The minimum absolute atomic E-state index is 0.0227. The maximum atomic E-state index is 9.26. The van der Waals surface area contributed by atoms with E-state index in [-0.39, 0.29) is 6.10 Å². The normalized spacial score (nSPS) is 50.4. The highest BCUT2D eigenvalue weighted by Crippen LogP contribution is 2.35. The largest absolute Gasteiger partial charge is 0.393 e. The minimum Gasteiger partial charge on any atom is -0.393 e. The van der Waals surface area contributed by atoms with Crippen molar-refractivity contribution in [2.24, 2.45) is 0 Å². The fourth-order valence-corrected chi connectivity index (χ4v) is 3.60. The van der Waals surface area contributed by atoms with Gasteiger partial charge in [0.05, 0.1) is 6.10 Å². The molecule has 2 unspecified atom stereocenters. The van der Waals surface area contributed by atoms with Gasteiger partial charge >= 0.3 is 0 Å². The molecule has 0 aromatic heterocycles. The Balaban J connectivity index is 1.52. The number of aliphatic hydroxyl groups is 1. The van der Waals surface area contributed by atoms with Crippen molar-refractivity contribution < 1.29 is 5.11 Å². The first-order valence-corrected chi connectivity index (χ1v) is 6.38. The Morgan fingerprint density at radius 2 is 1.53 bits per heavy atom. The van der Waals surface area contributed by atoms with E-state index >= 15 is 0 Å². The Morgan fingerprint density at radius 3 is 2.07 bits per heavy atom. The molecule has 3 heteroatoms. The van der Waals surface area contributed by atoms with Crippen molar-refractivity contribution >= 4 is 0 Å². The smallest absolute Gasteiger partial charge is 0.0570 e. The molecule has 0 aromatic rings. The average molecular weight is 210 g/mol. The van der Waals surface area contributed by atoms with Crippen LogP contribution >= 0.6 is 0 Å². The van der Waals surface area contributed by atoms with Crippen LogP contribution in [0.25, 0.3) is 0 Å². The summed E-state index contributed by atoms with van der Waals surface area (Å²) < 4.78 is 0. The van der Waals surface area contributed by atoms with Crippen LogP contribution in [0.15, 0.2) is 0 Å². The van der Waals surface area contributed by atoms with Crippen molar-refractivity contribution in [3.63, 3.8) is 0 Å². The number of nitrogens with one attached hydrogen (secondary N) is 1. The Bertz CT molecular complexity index is 226. The molecule has 2 saturated heterocycles. The van der Waals surface area contributed by atoms with Crippen LogP contribution in [0.4, 0.5) is 0 Å². The van der Waals surface area contributed by atoms with Crippen molar-refractivity contribution in [2.75, 3.05) is 7.05 Å². The third-order valence-electron chi connectivity index (χ3n) is 4.68. The molecule has 0 amide bonds. The summed E-state index contributed by atoms with van der Waals surface area (Å²) >= 11 is 0. The molecule has 2 N–H and O–H groups in total. The van der Waals surface area contributed by atoms with E-state index in [1.165, 1.54) is 25.7 Å². The second-order valence-electron chi connectivity index (χ2n) is 5.71. The second kappa shape index (κ2) is 3.72. The third-order valence-corrected chi connectivity index (χ3v) is 4.68. The van der Waals surface area contributed by atoms with Crippen molar-refractivity contribution in [3.8, 4) is 0 Å². The highest BCUT2D eigenvalue weighted by Gasteiger charge is 2.39. The summed E-state index contributed by atoms with van der Waals surface area (Å²) in [5, 5.41) is 13.0. The van der Waals surface area contributed by atoms with Crippen LogP contribution in [0.3, 0.4) is 0 Å². The van der Waals surface area contributed by atoms with Gasteiger partial charge in [-0.15, -0.1) is 0 Å². The maximum absolute atomic E-state index is 9.26. The van der Waals surface area contributed by atoms with Crippen LogP contribution in [0, 0.1) is 0 Å². The lowest BCUT2D eigenvalue weighted by molar-refractivity contribution is 0.0478. The Hall–Kier alpha value is -0.120. The molecule has 2 aliphatic heterocycles. The summed E-state index contributed by atoms with van der Waals surface area (Å²) in [6, 6.07) is 2.97. The van der Waals surface area contributed by atoms with Gasteiger partial charge in [0.1, 0.15) is 0 Å². The van der Waals surface area contributed by atoms with Gasteiger partial charge in [-0.2, -0.15) is 0 Å². The predicted molar refractivity (Wildman–Crippen MR) is 59.8 cm³/mol. The fraction of sp³-hybridized carbons (Fsp3) is 1.00. The average Bonchev–Trinajstić information content (AvgIpc) is 2.39. The van der Waals surface area contributed by atoms with Gasteiger partial charge in [-0.3, -0.25) is 0 Å². The van der Waals surface area contributed by atoms with Crippen molar-refractivity contribution in [1.82, 2.24) is 10.2 Å². The second-order valence-corrected chi connectivity index (χ2v) is 5.71. The fourth-order valence-electron chi connectivity index (χ4n) is 3.60. The van der Waals surface area contributed by atoms with Crippen LogP contribution in [-0.2, 0) is 0 Å². The number of hydrogen-bond donors (Lipinski definition) is 2. The first-order valence-electron chi connectivity index (χ1n) is 6.38. The van der Waals surface area contributed by atoms with Gasteiger partial charge in [0.15, 0.2) is 0 Å². The van der Waals surface area contributed by atoms with Gasteiger partial charge < -0.3 is 15.3 Å². The molecule has 0 spiro atoms. The molecular weight excluding hydrogens is 188 g/mol. The topological polar surface area (TPSA) is 35.5 Å². The lowest BCUT2D eigenvalue weighted by atomic mass is 9.87. The molecule has 86 valence electrons. The highest BCUT2D eigenvalue weighted by atomic mass is 16.3. The Kier molecular flexibility index (Phi) is 2.49. The maximum Gasteiger partial charge on any atom is 0.0570 e. The summed E-state index contributed by atoms with van der Waals surface area (Å²) in [6.07, 6.45) is 7.35. The molecule has 15 heavy (non-hydrogen) atoms. The number of piperidine rings is 1. The first kappa shape index (κ1) is 10.1. The van der Waals surface area contributed by atoms with Crippen molar-refractivity contribution in [2.45, 2.75) is 68.8 Å². The standard InChI is InChI=1S/C12H22N2O/c1-14-10-2-3-11(14)5-8(4-10)13-9-6-12(15)7-9/h8-13,15H,2-7H2,1H3. The van der Waals surface area contributed by atoms with Gasteiger partial charge in [-0.25, -0.2) is 0 Å². The Labute approximate surface area is 91.8 Å². The highest BCUT2D eigenvalue weighted by molar-refractivity contribution is 4.98. The molecule has 1 saturated carbocycles. The van der Waals surface area contributed by atoms with E-state index in [9.17, 15) is 5.11 Å². The van der Waals surface area contributed by atoms with Gasteiger partial charge in [-0.1, -0.05) is 0 Å². The predicted octanol–water partition coefficient (Wildman–Crippen LogP) is 0.724. The van der Waals surface area contributed by atoms with E-state index in [0.29, 0.717) is 6.04 Å².